The van der Waals surface area contributed by atoms with Gasteiger partial charge in [-0.05, 0) is 30.7 Å². The van der Waals surface area contributed by atoms with Crippen LogP contribution in [0.15, 0.2) is 18.2 Å². The fourth-order valence-corrected chi connectivity index (χ4v) is 1.61. The van der Waals surface area contributed by atoms with E-state index in [1.54, 1.807) is 6.92 Å². The van der Waals surface area contributed by atoms with Crippen LogP contribution in [0.4, 0.5) is 17.6 Å². The maximum Gasteiger partial charge on any atom is 0.432 e. The van der Waals surface area contributed by atoms with Crippen LogP contribution in [0.5, 0.6) is 0 Å². The van der Waals surface area contributed by atoms with Crippen LogP contribution in [-0.2, 0) is 6.18 Å². The summed E-state index contributed by atoms with van der Waals surface area (Å²) in [6, 6.07) is 3.16. The molecule has 0 bridgehead atoms. The zero-order valence-electron chi connectivity index (χ0n) is 9.07. The summed E-state index contributed by atoms with van der Waals surface area (Å²) in [4.78, 5) is 0. The molecule has 0 saturated carbocycles. The van der Waals surface area contributed by atoms with Gasteiger partial charge in [0.25, 0.3) is 0 Å². The Labute approximate surface area is 105 Å². The van der Waals surface area contributed by atoms with Crippen molar-refractivity contribution in [1.29, 1.82) is 0 Å². The molecule has 0 fully saturated rings. The Morgan fingerprint density at radius 3 is 2.61 bits per heavy atom. The summed E-state index contributed by atoms with van der Waals surface area (Å²) >= 11 is 5.70. The Bertz CT molecular complexity index is 589. The molecule has 18 heavy (non-hydrogen) atoms. The molecule has 1 aromatic carbocycles. The number of rotatable bonds is 1. The normalized spacial score (nSPS) is 11.9. The second kappa shape index (κ2) is 4.28. The average Bonchev–Trinajstić information content (AvgIpc) is 2.72. The van der Waals surface area contributed by atoms with E-state index in [1.807, 2.05) is 5.10 Å². The molecule has 2 rings (SSSR count). The third-order valence-electron chi connectivity index (χ3n) is 2.41. The second-order valence-corrected chi connectivity index (χ2v) is 4.15. The van der Waals surface area contributed by atoms with E-state index >= 15 is 0 Å². The fraction of sp³-hybridized carbons (Fsp3) is 0.182. The molecular formula is C11H7ClF4N2. The molecule has 2 aromatic rings. The molecule has 0 aliphatic carbocycles. The molecule has 0 aliphatic heterocycles. The van der Waals surface area contributed by atoms with Crippen LogP contribution in [0.1, 0.15) is 11.3 Å². The Morgan fingerprint density at radius 1 is 1.39 bits per heavy atom. The predicted molar refractivity (Wildman–Crippen MR) is 58.7 cm³/mol. The molecule has 1 heterocycles. The molecule has 0 saturated heterocycles. The van der Waals surface area contributed by atoms with Gasteiger partial charge in [0.05, 0.1) is 5.69 Å². The SMILES string of the molecule is C[14c]1[14cH][14c](-c2cc(C(F)(F)F)[nH]n2)[14c](F)[14cH][14c]1Cl. The summed E-state index contributed by atoms with van der Waals surface area (Å²) < 4.78 is 50.7. The van der Waals surface area contributed by atoms with Crippen molar-refractivity contribution in [2.24, 2.45) is 0 Å². The number of alkyl halides is 3. The van der Waals surface area contributed by atoms with Gasteiger partial charge in [0.1, 0.15) is 11.5 Å². The fourth-order valence-electron chi connectivity index (χ4n) is 1.46. The van der Waals surface area contributed by atoms with E-state index in [0.717, 1.165) is 12.1 Å². The molecule has 1 N–H and O–H groups in total. The van der Waals surface area contributed by atoms with Crippen LogP contribution >= 0.6 is 11.6 Å². The molecule has 0 atom stereocenters. The molecule has 0 amide bonds. The molecular weight excluding hydrogens is 284 g/mol. The van der Waals surface area contributed by atoms with Crippen LogP contribution < -0.4 is 0 Å². The summed E-state index contributed by atoms with van der Waals surface area (Å²) in [5, 5.41) is 5.50. The van der Waals surface area contributed by atoms with E-state index < -0.39 is 17.7 Å². The van der Waals surface area contributed by atoms with E-state index in [1.165, 1.54) is 6.07 Å². The van der Waals surface area contributed by atoms with Gasteiger partial charge in [-0.3, -0.25) is 5.10 Å². The maximum atomic E-state index is 13.6. The van der Waals surface area contributed by atoms with E-state index in [9.17, 15) is 17.6 Å². The van der Waals surface area contributed by atoms with Gasteiger partial charge in [0.15, 0.2) is 0 Å². The Balaban J connectivity index is 2.50. The van der Waals surface area contributed by atoms with Gasteiger partial charge in [-0.2, -0.15) is 18.3 Å². The highest BCUT2D eigenvalue weighted by Crippen LogP contribution is 2.32. The highest BCUT2D eigenvalue weighted by molar-refractivity contribution is 6.31. The molecule has 7 heteroatoms. The minimum absolute atomic E-state index is 0.0244. The first-order chi connectivity index (χ1) is 8.29. The number of H-pyrrole nitrogens is 1. The second-order valence-electron chi connectivity index (χ2n) is 3.75. The molecule has 0 spiro atoms. The van der Waals surface area contributed by atoms with Crippen molar-refractivity contribution in [1.82, 2.24) is 10.2 Å². The van der Waals surface area contributed by atoms with Crippen molar-refractivity contribution in [3.8, 4) is 11.3 Å². The van der Waals surface area contributed by atoms with Crippen molar-refractivity contribution in [3.05, 3.63) is 40.3 Å². The monoisotopic (exact) mass is 290 g/mol. The summed E-state index contributed by atoms with van der Waals surface area (Å²) in [5.41, 5.74) is -0.600. The lowest BCUT2D eigenvalue weighted by Crippen LogP contribution is -2.04. The third kappa shape index (κ3) is 2.33. The number of aryl methyl sites for hydroxylation is 1. The van der Waals surface area contributed by atoms with Crippen molar-refractivity contribution in [2.45, 2.75) is 13.1 Å². The van der Waals surface area contributed by atoms with Crippen LogP contribution in [0.3, 0.4) is 0 Å². The number of halogens is 5. The number of aromatic amines is 1. The number of nitrogens with zero attached hydrogens (tertiary/aromatic N) is 1. The first kappa shape index (κ1) is 12.9. The summed E-state index contributed by atoms with van der Waals surface area (Å²) in [5.74, 6) is -0.717. The number of benzene rings is 1. The van der Waals surface area contributed by atoms with Gasteiger partial charge in [0.2, 0.25) is 0 Å². The van der Waals surface area contributed by atoms with E-state index in [-0.39, 0.29) is 16.3 Å². The molecule has 96 valence electrons. The lowest BCUT2D eigenvalue weighted by atomic mass is 10.4. The molecule has 0 radical (unpaired) electrons. The number of hydrogen-bond acceptors (Lipinski definition) is 1. The Morgan fingerprint density at radius 2 is 2.06 bits per heavy atom. The minimum atomic E-state index is -4.54. The average molecular weight is 291 g/mol. The smallest absolute Gasteiger partial charge is 0.273 e. The zero-order valence-corrected chi connectivity index (χ0v) is 9.83. The summed E-state index contributed by atoms with van der Waals surface area (Å²) in [6.45, 7) is 1.63. The van der Waals surface area contributed by atoms with Gasteiger partial charge < -0.3 is 0 Å². The van der Waals surface area contributed by atoms with Gasteiger partial charge in [-0.15, -0.1) is 0 Å². The highest BCUT2D eigenvalue weighted by Gasteiger charge is 2.33. The lowest BCUT2D eigenvalue weighted by Gasteiger charge is -2.03. The van der Waals surface area contributed by atoms with Crippen molar-refractivity contribution < 1.29 is 17.6 Å². The Hall–Kier alpha value is -1.56. The van der Waals surface area contributed by atoms with E-state index in [0.29, 0.717) is 5.56 Å². The van der Waals surface area contributed by atoms with E-state index in [2.05, 4.69) is 5.10 Å². The largest absolute Gasteiger partial charge is 0.432 e. The first-order valence-electron chi connectivity index (χ1n) is 4.87. The van der Waals surface area contributed by atoms with Crippen LogP contribution in [0.2, 0.25) is 5.02 Å². The van der Waals surface area contributed by atoms with E-state index in [4.69, 9.17) is 11.6 Å². The maximum absolute atomic E-state index is 13.6. The van der Waals surface area contributed by atoms with Gasteiger partial charge in [-0.1, -0.05) is 11.6 Å². The van der Waals surface area contributed by atoms with Crippen molar-refractivity contribution in [2.75, 3.05) is 0 Å². The highest BCUT2D eigenvalue weighted by atomic mass is 35.5. The van der Waals surface area contributed by atoms with Gasteiger partial charge in [-0.25, -0.2) is 4.39 Å². The third-order valence-corrected chi connectivity index (χ3v) is 2.81. The Kier molecular flexibility index (Phi) is 3.06. The molecule has 0 aliphatic rings. The van der Waals surface area contributed by atoms with Crippen molar-refractivity contribution >= 4 is 11.6 Å². The van der Waals surface area contributed by atoms with Crippen LogP contribution in [0.25, 0.3) is 11.3 Å². The van der Waals surface area contributed by atoms with Crippen LogP contribution in [-0.4, -0.2) is 10.2 Å². The summed E-state index contributed by atoms with van der Waals surface area (Å²) in [7, 11) is 0. The van der Waals surface area contributed by atoms with Gasteiger partial charge in [0, 0.05) is 10.6 Å². The number of nitrogens with one attached hydrogen (secondary N) is 1. The lowest BCUT2D eigenvalue weighted by molar-refractivity contribution is -0.141. The van der Waals surface area contributed by atoms with Crippen molar-refractivity contribution in [3.63, 3.8) is 0 Å². The number of aromatic nitrogens is 2. The molecule has 2 nitrogen and oxygen atoms in total. The standard InChI is InChI=1S/C11H7ClF4N2/c1-5-2-6(8(13)3-7(5)12)9-4-10(18-17-9)11(14,15)16/h2-4H,1H3,(H,17,18)/i2+2,3+2,5+2,6+2,7+2,8+2. The molecule has 0 unspecified atom stereocenters. The molecule has 1 aromatic heterocycles. The quantitative estimate of drug-likeness (QED) is 0.784. The first-order valence-corrected chi connectivity index (χ1v) is 5.25. The zero-order chi connectivity index (χ0) is 13.5. The topological polar surface area (TPSA) is 28.7 Å². The predicted octanol–water partition coefficient (Wildman–Crippen LogP) is 4.20. The number of hydrogen-bond donors (Lipinski definition) is 1. The van der Waals surface area contributed by atoms with Gasteiger partial charge >= 0.3 is 6.18 Å². The van der Waals surface area contributed by atoms with Crippen LogP contribution in [0, 0.1) is 12.7 Å². The summed E-state index contributed by atoms with van der Waals surface area (Å²) in [6.07, 6.45) is -4.54. The minimum Gasteiger partial charge on any atom is -0.273 e.